The Morgan fingerprint density at radius 3 is 2.77 bits per heavy atom. The fraction of sp³-hybridized carbons (Fsp3) is 0.478. The van der Waals surface area contributed by atoms with Gasteiger partial charge in [0.25, 0.3) is 0 Å². The van der Waals surface area contributed by atoms with Crippen molar-refractivity contribution in [3.05, 3.63) is 50.6 Å². The molecule has 2 aliphatic heterocycles. The molecule has 0 unspecified atom stereocenters. The Hall–Kier alpha value is -1.74. The van der Waals surface area contributed by atoms with Crippen LogP contribution in [0.25, 0.3) is 0 Å². The van der Waals surface area contributed by atoms with Crippen molar-refractivity contribution >= 4 is 39.1 Å². The summed E-state index contributed by atoms with van der Waals surface area (Å²) >= 11 is 4.94. The van der Waals surface area contributed by atoms with E-state index in [2.05, 4.69) is 15.9 Å². The zero-order chi connectivity index (χ0) is 21.9. The van der Waals surface area contributed by atoms with Crippen LogP contribution in [0.3, 0.4) is 0 Å². The summed E-state index contributed by atoms with van der Waals surface area (Å²) < 4.78 is 7.00. The summed E-state index contributed by atoms with van der Waals surface area (Å²) in [6, 6.07) is 8.93. The fourth-order valence-corrected chi connectivity index (χ4v) is 6.77. The molecular weight excluding hydrogens is 482 g/mol. The molecule has 1 aromatic heterocycles. The van der Waals surface area contributed by atoms with Gasteiger partial charge >= 0.3 is 0 Å². The van der Waals surface area contributed by atoms with Crippen LogP contribution < -0.4 is 0 Å². The predicted molar refractivity (Wildman–Crippen MR) is 118 cm³/mol. The number of benzene rings is 1. The molecule has 1 aromatic carbocycles. The number of phenolic OH excluding ortho intramolecular Hbond substituents is 1. The second-order valence-electron chi connectivity index (χ2n) is 8.72. The summed E-state index contributed by atoms with van der Waals surface area (Å²) in [6.07, 6.45) is 0.898. The molecule has 3 heterocycles. The van der Waals surface area contributed by atoms with Gasteiger partial charge in [0.05, 0.1) is 24.5 Å². The molecule has 6 nitrogen and oxygen atoms in total. The number of nitrogens with zero attached hydrogens (tertiary/aromatic N) is 1. The average Bonchev–Trinajstić information content (AvgIpc) is 3.43. The van der Waals surface area contributed by atoms with Gasteiger partial charge in [-0.15, -0.1) is 11.3 Å². The summed E-state index contributed by atoms with van der Waals surface area (Å²) in [6.45, 7) is 2.25. The number of thiophene rings is 1. The van der Waals surface area contributed by atoms with Crippen molar-refractivity contribution in [2.45, 2.75) is 44.6 Å². The van der Waals surface area contributed by atoms with Crippen LogP contribution in [0.4, 0.5) is 0 Å². The monoisotopic (exact) mass is 505 g/mol. The highest BCUT2D eigenvalue weighted by atomic mass is 79.9. The number of ether oxygens (including phenoxy) is 1. The Morgan fingerprint density at radius 2 is 2.06 bits per heavy atom. The van der Waals surface area contributed by atoms with E-state index < -0.39 is 29.6 Å². The number of imide groups is 1. The van der Waals surface area contributed by atoms with E-state index in [9.17, 15) is 19.8 Å². The molecule has 3 aliphatic rings. The highest BCUT2D eigenvalue weighted by Crippen LogP contribution is 2.59. The molecule has 0 bridgehead atoms. The Kier molecular flexibility index (Phi) is 5.24. The van der Waals surface area contributed by atoms with E-state index in [4.69, 9.17) is 4.74 Å². The van der Waals surface area contributed by atoms with Crippen molar-refractivity contribution in [1.29, 1.82) is 0 Å². The van der Waals surface area contributed by atoms with Crippen LogP contribution in [0.1, 0.15) is 42.7 Å². The van der Waals surface area contributed by atoms with E-state index in [0.29, 0.717) is 24.8 Å². The maximum atomic E-state index is 13.4. The fourth-order valence-electron chi connectivity index (χ4n) is 5.70. The number of phenols is 1. The molecular formula is C23H24BrNO5S. The van der Waals surface area contributed by atoms with E-state index in [1.165, 1.54) is 16.2 Å². The lowest BCUT2D eigenvalue weighted by Gasteiger charge is -2.44. The highest BCUT2D eigenvalue weighted by molar-refractivity contribution is 9.10. The molecule has 31 heavy (non-hydrogen) atoms. The molecule has 164 valence electrons. The molecule has 2 aromatic rings. The number of hydrogen-bond acceptors (Lipinski definition) is 6. The van der Waals surface area contributed by atoms with Crippen molar-refractivity contribution in [1.82, 2.24) is 4.90 Å². The third-order valence-electron chi connectivity index (χ3n) is 7.18. The largest absolute Gasteiger partial charge is 0.508 e. The first-order valence-electron chi connectivity index (χ1n) is 10.6. The Morgan fingerprint density at radius 1 is 1.26 bits per heavy atom. The zero-order valence-electron chi connectivity index (χ0n) is 17.0. The van der Waals surface area contributed by atoms with Gasteiger partial charge in [0, 0.05) is 26.7 Å². The van der Waals surface area contributed by atoms with Gasteiger partial charge in [-0.2, -0.15) is 0 Å². The summed E-state index contributed by atoms with van der Waals surface area (Å²) in [5, 5.41) is 24.0. The van der Waals surface area contributed by atoms with E-state index in [-0.39, 0.29) is 30.0 Å². The molecule has 2 N–H and O–H groups in total. The summed E-state index contributed by atoms with van der Waals surface area (Å²) in [5.74, 6) is -3.54. The van der Waals surface area contributed by atoms with E-state index in [0.717, 1.165) is 9.35 Å². The van der Waals surface area contributed by atoms with Gasteiger partial charge in [0.2, 0.25) is 11.8 Å². The van der Waals surface area contributed by atoms with Crippen LogP contribution in [-0.4, -0.2) is 32.7 Å². The molecule has 1 saturated carbocycles. The Labute approximate surface area is 193 Å². The first kappa shape index (κ1) is 21.1. The molecule has 2 amide bonds. The average molecular weight is 506 g/mol. The number of hydrogen-bond donors (Lipinski definition) is 2. The number of fused-ring (bicyclic) bond motifs is 3. The molecule has 3 fully saturated rings. The Bertz CT molecular complexity index is 1030. The quantitative estimate of drug-likeness (QED) is 0.607. The lowest BCUT2D eigenvalue weighted by Crippen LogP contribution is -2.53. The number of halogens is 1. The van der Waals surface area contributed by atoms with Gasteiger partial charge in [-0.1, -0.05) is 28.9 Å². The van der Waals surface area contributed by atoms with Gasteiger partial charge in [-0.05, 0) is 48.9 Å². The third-order valence-corrected chi connectivity index (χ3v) is 8.53. The molecule has 5 rings (SSSR count). The van der Waals surface area contributed by atoms with Crippen LogP contribution in [-0.2, 0) is 20.9 Å². The smallest absolute Gasteiger partial charge is 0.233 e. The molecule has 1 aliphatic carbocycles. The minimum Gasteiger partial charge on any atom is -0.508 e. The van der Waals surface area contributed by atoms with Crippen LogP contribution in [0, 0.1) is 23.7 Å². The molecule has 0 spiro atoms. The predicted octanol–water partition coefficient (Wildman–Crippen LogP) is 4.21. The summed E-state index contributed by atoms with van der Waals surface area (Å²) in [5.41, 5.74) is 0.579. The van der Waals surface area contributed by atoms with Crippen molar-refractivity contribution in [2.24, 2.45) is 23.7 Å². The molecule has 0 radical (unpaired) electrons. The standard InChI is InChI=1S/C23H24BrNO5S/c1-2-12-8-16-20(22(28)25(21(16)27)11-14-4-3-7-31-14)17-10-19(30-23(12,17)29)15-9-13(24)5-6-18(15)26/h3-7,9,12,16-17,19-20,26,29H,2,8,10-11H2,1H3/t12-,16-,17-,19-,20-,23+/m0/s1. The molecule has 2 saturated heterocycles. The summed E-state index contributed by atoms with van der Waals surface area (Å²) in [4.78, 5) is 29.0. The number of rotatable bonds is 4. The minimum atomic E-state index is -1.50. The molecule has 8 heteroatoms. The third kappa shape index (κ3) is 3.26. The number of aromatic hydroxyl groups is 1. The highest BCUT2D eigenvalue weighted by Gasteiger charge is 2.66. The lowest BCUT2D eigenvalue weighted by molar-refractivity contribution is -0.269. The van der Waals surface area contributed by atoms with Crippen molar-refractivity contribution in [3.63, 3.8) is 0 Å². The van der Waals surface area contributed by atoms with Gasteiger partial charge in [-0.25, -0.2) is 0 Å². The maximum Gasteiger partial charge on any atom is 0.233 e. The van der Waals surface area contributed by atoms with Gasteiger partial charge < -0.3 is 14.9 Å². The second-order valence-corrected chi connectivity index (χ2v) is 10.7. The van der Waals surface area contributed by atoms with Crippen molar-refractivity contribution in [3.8, 4) is 5.75 Å². The van der Waals surface area contributed by atoms with Crippen molar-refractivity contribution < 1.29 is 24.5 Å². The number of likely N-dealkylation sites (tertiary alicyclic amines) is 1. The van der Waals surface area contributed by atoms with Crippen molar-refractivity contribution in [2.75, 3.05) is 0 Å². The number of carbonyl (C=O) groups excluding carboxylic acids is 2. The normalized spacial score (nSPS) is 34.8. The zero-order valence-corrected chi connectivity index (χ0v) is 19.4. The van der Waals surface area contributed by atoms with Crippen LogP contribution in [0.5, 0.6) is 5.75 Å². The Balaban J connectivity index is 1.49. The SMILES string of the molecule is CC[C@H]1C[C@@H]2C(=O)N(Cc3cccs3)C(=O)[C@@H]2[C@@H]2C[C@@H](c3cc(Br)ccc3O)O[C@]12O. The van der Waals surface area contributed by atoms with E-state index >= 15 is 0 Å². The van der Waals surface area contributed by atoms with Crippen LogP contribution in [0.2, 0.25) is 0 Å². The molecule has 6 atom stereocenters. The topological polar surface area (TPSA) is 87.1 Å². The lowest BCUT2D eigenvalue weighted by atomic mass is 9.64. The minimum absolute atomic E-state index is 0.0909. The maximum absolute atomic E-state index is 13.4. The number of aliphatic hydroxyl groups is 1. The van der Waals surface area contributed by atoms with Crippen LogP contribution in [0.15, 0.2) is 40.2 Å². The van der Waals surface area contributed by atoms with Gasteiger partial charge in [0.15, 0.2) is 5.79 Å². The van der Waals surface area contributed by atoms with Crippen LogP contribution >= 0.6 is 27.3 Å². The first-order chi connectivity index (χ1) is 14.8. The van der Waals surface area contributed by atoms with E-state index in [1.807, 2.05) is 24.4 Å². The number of amides is 2. The second kappa shape index (κ2) is 7.69. The first-order valence-corrected chi connectivity index (χ1v) is 12.3. The number of carbonyl (C=O) groups is 2. The summed E-state index contributed by atoms with van der Waals surface area (Å²) in [7, 11) is 0. The van der Waals surface area contributed by atoms with Gasteiger partial charge in [0.1, 0.15) is 5.75 Å². The van der Waals surface area contributed by atoms with Gasteiger partial charge in [-0.3, -0.25) is 14.5 Å². The van der Waals surface area contributed by atoms with E-state index in [1.54, 1.807) is 18.2 Å².